The van der Waals surface area contributed by atoms with Crippen LogP contribution >= 0.6 is 0 Å². The van der Waals surface area contributed by atoms with E-state index in [4.69, 9.17) is 4.74 Å². The summed E-state index contributed by atoms with van der Waals surface area (Å²) in [5, 5.41) is 6.02. The number of carbonyl (C=O) groups is 3. The van der Waals surface area contributed by atoms with Gasteiger partial charge < -0.3 is 15.3 Å². The molecular weight excluding hydrogens is 333 g/mol. The number of hydrogen-bond acceptors (Lipinski definition) is 5. The fraction of sp³-hybridized carbons (Fsp3) is 0.722. The topological polar surface area (TPSA) is 87.7 Å². The Morgan fingerprint density at radius 1 is 1.31 bits per heavy atom. The third-order valence-corrected chi connectivity index (χ3v) is 4.29. The lowest BCUT2D eigenvalue weighted by Gasteiger charge is -2.26. The van der Waals surface area contributed by atoms with Gasteiger partial charge >= 0.3 is 0 Å². The molecule has 0 saturated heterocycles. The molecule has 0 aliphatic carbocycles. The fourth-order valence-electron chi connectivity index (χ4n) is 2.47. The van der Waals surface area contributed by atoms with E-state index in [1.807, 2.05) is 14.2 Å². The van der Waals surface area contributed by atoms with Gasteiger partial charge in [0.05, 0.1) is 5.60 Å². The van der Waals surface area contributed by atoms with Gasteiger partial charge in [0.25, 0.3) is 11.8 Å². The molecule has 0 saturated carbocycles. The van der Waals surface area contributed by atoms with E-state index in [9.17, 15) is 14.4 Å². The van der Waals surface area contributed by atoms with Crippen LogP contribution in [-0.2, 0) is 19.1 Å². The van der Waals surface area contributed by atoms with Gasteiger partial charge in [-0.2, -0.15) is 0 Å². The minimum Gasteiger partial charge on any atom is -0.376 e. The number of nitrogens with one attached hydrogen (secondary N) is 2. The van der Waals surface area contributed by atoms with Crippen molar-refractivity contribution in [2.75, 3.05) is 26.2 Å². The minimum absolute atomic E-state index is 0.116. The van der Waals surface area contributed by atoms with Crippen LogP contribution in [0.1, 0.15) is 40.0 Å². The molecule has 1 aliphatic rings. The summed E-state index contributed by atoms with van der Waals surface area (Å²) in [6.07, 6.45) is 4.34. The van der Waals surface area contributed by atoms with Crippen LogP contribution in [-0.4, -0.2) is 61.9 Å². The number of ether oxygens (including phenoxy) is 1. The van der Waals surface area contributed by atoms with Gasteiger partial charge in [0, 0.05) is 38.3 Å². The molecule has 7 nitrogen and oxygen atoms in total. The van der Waals surface area contributed by atoms with Gasteiger partial charge in [0.1, 0.15) is 0 Å². The molecule has 1 rings (SSSR count). The monoisotopic (exact) mass is 364 g/mol. The lowest BCUT2D eigenvalue weighted by atomic mass is 9.98. The zero-order chi connectivity index (χ0) is 19.6. The first-order chi connectivity index (χ1) is 12.2. The molecule has 1 radical (unpaired) electrons. The number of nitrogens with zero attached hydrogens (tertiary/aromatic N) is 1. The van der Waals surface area contributed by atoms with Crippen molar-refractivity contribution in [3.8, 4) is 0 Å². The van der Waals surface area contributed by atoms with E-state index in [0.717, 1.165) is 24.3 Å². The molecule has 145 valence electrons. The van der Waals surface area contributed by atoms with Crippen molar-refractivity contribution < 1.29 is 19.1 Å². The van der Waals surface area contributed by atoms with Crippen LogP contribution in [0.3, 0.4) is 0 Å². The average Bonchev–Trinajstić information content (AvgIpc) is 2.89. The van der Waals surface area contributed by atoms with Crippen molar-refractivity contribution in [2.45, 2.75) is 52.5 Å². The molecule has 1 unspecified atom stereocenters. The largest absolute Gasteiger partial charge is 0.376 e. The predicted octanol–water partition coefficient (Wildman–Crippen LogP) is 0.886. The molecule has 0 aromatic rings. The molecule has 0 fully saturated rings. The van der Waals surface area contributed by atoms with Crippen molar-refractivity contribution in [1.82, 2.24) is 15.4 Å². The molecule has 0 spiro atoms. The second kappa shape index (κ2) is 11.1. The van der Waals surface area contributed by atoms with Gasteiger partial charge in [-0.1, -0.05) is 13.7 Å². The van der Waals surface area contributed by atoms with Gasteiger partial charge in [0.2, 0.25) is 13.3 Å². The predicted molar refractivity (Wildman–Crippen MR) is 102 cm³/mol. The Balaban J connectivity index is 2.13. The van der Waals surface area contributed by atoms with Crippen LogP contribution in [0.15, 0.2) is 12.2 Å². The highest BCUT2D eigenvalue weighted by atomic mass is 16.5. The molecular formula is C18H31BN3O4. The third-order valence-electron chi connectivity index (χ3n) is 4.29. The van der Waals surface area contributed by atoms with Gasteiger partial charge in [-0.3, -0.25) is 19.3 Å². The van der Waals surface area contributed by atoms with E-state index in [-0.39, 0.29) is 42.2 Å². The molecule has 0 bridgehead atoms. The molecule has 1 heterocycles. The highest BCUT2D eigenvalue weighted by molar-refractivity contribution is 6.29. The average molecular weight is 364 g/mol. The van der Waals surface area contributed by atoms with Crippen LogP contribution in [0.5, 0.6) is 0 Å². The number of rotatable bonds is 13. The second-order valence-electron chi connectivity index (χ2n) is 7.21. The van der Waals surface area contributed by atoms with Crippen molar-refractivity contribution in [1.29, 1.82) is 0 Å². The van der Waals surface area contributed by atoms with Gasteiger partial charge in [-0.05, 0) is 39.2 Å². The summed E-state index contributed by atoms with van der Waals surface area (Å²) in [5.74, 6) is -0.591. The summed E-state index contributed by atoms with van der Waals surface area (Å²) in [6, 6.07) is 0. The normalized spacial score (nSPS) is 15.5. The molecule has 0 aromatic heterocycles. The number of amides is 3. The van der Waals surface area contributed by atoms with E-state index in [1.54, 1.807) is 0 Å². The first-order valence-electron chi connectivity index (χ1n) is 9.20. The number of carbonyl (C=O) groups excluding carboxylic acids is 3. The van der Waals surface area contributed by atoms with Crippen LogP contribution < -0.4 is 10.5 Å². The SMILES string of the molecule is C[B]NCCC(C)(C)OCCC(C)CNC(=O)CCN1C(=O)C=CC1=O. The maximum absolute atomic E-state index is 11.9. The van der Waals surface area contributed by atoms with Gasteiger partial charge in [-0.15, -0.1) is 0 Å². The molecule has 1 atom stereocenters. The molecule has 3 amide bonds. The summed E-state index contributed by atoms with van der Waals surface area (Å²) < 4.78 is 5.94. The van der Waals surface area contributed by atoms with Crippen LogP contribution in [0.25, 0.3) is 0 Å². The zero-order valence-electron chi connectivity index (χ0n) is 16.3. The maximum Gasteiger partial charge on any atom is 0.253 e. The fourth-order valence-corrected chi connectivity index (χ4v) is 2.47. The highest BCUT2D eigenvalue weighted by Crippen LogP contribution is 2.15. The number of hydrogen-bond donors (Lipinski definition) is 2. The second-order valence-corrected chi connectivity index (χ2v) is 7.21. The van der Waals surface area contributed by atoms with Crippen LogP contribution in [0.2, 0.25) is 6.82 Å². The summed E-state index contributed by atoms with van der Waals surface area (Å²) in [7, 11) is 1.92. The van der Waals surface area contributed by atoms with E-state index in [1.165, 1.54) is 12.2 Å². The smallest absolute Gasteiger partial charge is 0.253 e. The molecule has 2 N–H and O–H groups in total. The molecule has 26 heavy (non-hydrogen) atoms. The Morgan fingerprint density at radius 3 is 2.58 bits per heavy atom. The van der Waals surface area contributed by atoms with Crippen molar-refractivity contribution in [3.63, 3.8) is 0 Å². The van der Waals surface area contributed by atoms with Crippen LogP contribution in [0, 0.1) is 5.92 Å². The minimum atomic E-state index is -0.358. The van der Waals surface area contributed by atoms with E-state index >= 15 is 0 Å². The standard InChI is InChI=1S/C18H31BN3O4/c1-14(8-12-26-18(2,3)9-10-21-19-4)13-20-15(23)7-11-22-16(24)5-6-17(22)25/h5-6,14,21H,7-13H2,1-4H3,(H,20,23). The summed E-state index contributed by atoms with van der Waals surface area (Å²) in [6.45, 7) is 10.4. The van der Waals surface area contributed by atoms with Gasteiger partial charge in [-0.25, -0.2) is 0 Å². The quantitative estimate of drug-likeness (QED) is 0.288. The third kappa shape index (κ3) is 8.62. The van der Waals surface area contributed by atoms with E-state index in [2.05, 4.69) is 31.3 Å². The molecule has 1 aliphatic heterocycles. The summed E-state index contributed by atoms with van der Waals surface area (Å²) in [4.78, 5) is 35.8. The Hall–Kier alpha value is -1.67. The van der Waals surface area contributed by atoms with Crippen molar-refractivity contribution in [3.05, 3.63) is 12.2 Å². The first kappa shape index (κ1) is 22.4. The Bertz CT molecular complexity index is 505. The lowest BCUT2D eigenvalue weighted by molar-refractivity contribution is -0.137. The Morgan fingerprint density at radius 2 is 1.96 bits per heavy atom. The highest BCUT2D eigenvalue weighted by Gasteiger charge is 2.23. The molecule has 0 aromatic carbocycles. The lowest BCUT2D eigenvalue weighted by Crippen LogP contribution is -2.36. The Kier molecular flexibility index (Phi) is 9.58. The Labute approximate surface area is 157 Å². The maximum atomic E-state index is 11.9. The summed E-state index contributed by atoms with van der Waals surface area (Å²) in [5.41, 5.74) is -0.179. The number of imide groups is 1. The van der Waals surface area contributed by atoms with Crippen LogP contribution in [0.4, 0.5) is 0 Å². The molecule has 8 heteroatoms. The van der Waals surface area contributed by atoms with Crippen molar-refractivity contribution in [2.24, 2.45) is 5.92 Å². The van der Waals surface area contributed by atoms with Crippen molar-refractivity contribution >= 4 is 25.1 Å². The summed E-state index contributed by atoms with van der Waals surface area (Å²) >= 11 is 0. The van der Waals surface area contributed by atoms with E-state index < -0.39 is 0 Å². The van der Waals surface area contributed by atoms with E-state index in [0.29, 0.717) is 13.2 Å². The van der Waals surface area contributed by atoms with Gasteiger partial charge in [0.15, 0.2) is 0 Å². The first-order valence-corrected chi connectivity index (χ1v) is 9.20. The zero-order valence-corrected chi connectivity index (χ0v) is 16.3.